The summed E-state index contributed by atoms with van der Waals surface area (Å²) in [4.78, 5) is 47.4. The van der Waals surface area contributed by atoms with E-state index < -0.39 is 23.9 Å². The minimum atomic E-state index is -0.563. The van der Waals surface area contributed by atoms with Crippen LogP contribution in [0.25, 0.3) is 0 Å². The summed E-state index contributed by atoms with van der Waals surface area (Å²) in [6.07, 6.45) is 9.29. The van der Waals surface area contributed by atoms with Gasteiger partial charge in [-0.3, -0.25) is 0 Å². The second-order valence-corrected chi connectivity index (χ2v) is 10.6. The zero-order chi connectivity index (χ0) is 34.4. The molecule has 0 aliphatic carbocycles. The van der Waals surface area contributed by atoms with Gasteiger partial charge >= 0.3 is 23.9 Å². The Labute approximate surface area is 281 Å². The standard InChI is InChI=1S/C38H42O10/c1-3-35(39)45-26-11-7-5-9-24-43-31-20-16-29(17-21-31)37(41)47-33-14-13-15-34(28-33)48-38(42)30-18-22-32(23-19-30)44-25-10-6-8-12-27-46-36(40)4-2/h3-4,13-23,28H,1-2,5-12,24-27H2. The number of carbonyl (C=O) groups is 4. The largest absolute Gasteiger partial charge is 0.494 e. The molecule has 10 nitrogen and oxygen atoms in total. The molecular formula is C38H42O10. The SMILES string of the molecule is C=CC(=O)OCCCCCCOc1ccc(C(=O)Oc2cccc(OC(=O)c3ccc(OCCCCCCOC(=O)C=C)cc3)c2)cc1. The number of benzene rings is 3. The summed E-state index contributed by atoms with van der Waals surface area (Å²) in [7, 11) is 0. The molecule has 48 heavy (non-hydrogen) atoms. The Kier molecular flexibility index (Phi) is 16.5. The molecule has 254 valence electrons. The molecule has 0 radical (unpaired) electrons. The molecule has 10 heteroatoms. The minimum Gasteiger partial charge on any atom is -0.494 e. The summed E-state index contributed by atoms with van der Waals surface area (Å²) in [5.41, 5.74) is 0.681. The molecule has 0 saturated heterocycles. The van der Waals surface area contributed by atoms with E-state index >= 15 is 0 Å². The quantitative estimate of drug-likeness (QED) is 0.0465. The Morgan fingerprint density at radius 1 is 0.479 bits per heavy atom. The molecule has 3 rings (SSSR count). The molecule has 0 aliphatic rings. The van der Waals surface area contributed by atoms with Crippen LogP contribution in [0, 0.1) is 0 Å². The van der Waals surface area contributed by atoms with Crippen molar-refractivity contribution in [1.29, 1.82) is 0 Å². The average molecular weight is 659 g/mol. The second-order valence-electron chi connectivity index (χ2n) is 10.6. The Balaban J connectivity index is 1.35. The molecule has 0 aromatic heterocycles. The van der Waals surface area contributed by atoms with Gasteiger partial charge in [0.05, 0.1) is 37.6 Å². The molecule has 3 aromatic carbocycles. The van der Waals surface area contributed by atoms with E-state index in [1.807, 2.05) is 0 Å². The van der Waals surface area contributed by atoms with E-state index in [1.54, 1.807) is 66.7 Å². The van der Waals surface area contributed by atoms with E-state index in [0.29, 0.717) is 49.1 Å². The maximum atomic E-state index is 12.7. The lowest BCUT2D eigenvalue weighted by Gasteiger charge is -2.09. The summed E-state index contributed by atoms with van der Waals surface area (Å²) in [6.45, 7) is 8.54. The van der Waals surface area contributed by atoms with Crippen molar-refractivity contribution in [3.8, 4) is 23.0 Å². The summed E-state index contributed by atoms with van der Waals surface area (Å²) >= 11 is 0. The van der Waals surface area contributed by atoms with E-state index in [0.717, 1.165) is 63.5 Å². The summed E-state index contributed by atoms with van der Waals surface area (Å²) in [5.74, 6) is -0.214. The van der Waals surface area contributed by atoms with Crippen molar-refractivity contribution in [3.63, 3.8) is 0 Å². The van der Waals surface area contributed by atoms with Gasteiger partial charge in [-0.1, -0.05) is 19.2 Å². The average Bonchev–Trinajstić information content (AvgIpc) is 3.10. The third-order valence-electron chi connectivity index (χ3n) is 6.84. The lowest BCUT2D eigenvalue weighted by Crippen LogP contribution is -2.10. The second kappa shape index (κ2) is 21.4. The summed E-state index contributed by atoms with van der Waals surface area (Å²) < 4.78 is 32.4. The number of hydrogen-bond acceptors (Lipinski definition) is 10. The lowest BCUT2D eigenvalue weighted by molar-refractivity contribution is -0.138. The van der Waals surface area contributed by atoms with Crippen molar-refractivity contribution in [2.24, 2.45) is 0 Å². The molecule has 0 amide bonds. The zero-order valence-corrected chi connectivity index (χ0v) is 27.1. The zero-order valence-electron chi connectivity index (χ0n) is 27.1. The lowest BCUT2D eigenvalue weighted by atomic mass is 10.2. The molecule has 0 heterocycles. The van der Waals surface area contributed by atoms with Gasteiger partial charge in [0.1, 0.15) is 23.0 Å². The predicted molar refractivity (Wildman–Crippen MR) is 179 cm³/mol. The van der Waals surface area contributed by atoms with Gasteiger partial charge in [0.15, 0.2) is 0 Å². The molecule has 0 atom stereocenters. The van der Waals surface area contributed by atoms with Crippen LogP contribution >= 0.6 is 0 Å². The van der Waals surface area contributed by atoms with Crippen LogP contribution in [0.15, 0.2) is 98.1 Å². The van der Waals surface area contributed by atoms with Crippen molar-refractivity contribution in [2.75, 3.05) is 26.4 Å². The Morgan fingerprint density at radius 2 is 0.854 bits per heavy atom. The fourth-order valence-electron chi connectivity index (χ4n) is 4.27. The van der Waals surface area contributed by atoms with E-state index in [9.17, 15) is 19.2 Å². The van der Waals surface area contributed by atoms with Crippen molar-refractivity contribution in [2.45, 2.75) is 51.4 Å². The first-order chi connectivity index (χ1) is 23.4. The van der Waals surface area contributed by atoms with Gasteiger partial charge in [-0.05, 0) is 112 Å². The number of rotatable bonds is 22. The number of esters is 4. The molecule has 0 fully saturated rings. The number of carbonyl (C=O) groups excluding carboxylic acids is 4. The molecule has 0 N–H and O–H groups in total. The van der Waals surface area contributed by atoms with Crippen LogP contribution < -0.4 is 18.9 Å². The topological polar surface area (TPSA) is 124 Å². The Hall–Kier alpha value is -5.38. The fraction of sp³-hybridized carbons (Fsp3) is 0.316. The van der Waals surface area contributed by atoms with E-state index in [2.05, 4.69) is 13.2 Å². The maximum Gasteiger partial charge on any atom is 0.343 e. The number of ether oxygens (including phenoxy) is 6. The van der Waals surface area contributed by atoms with Crippen LogP contribution in [0.5, 0.6) is 23.0 Å². The van der Waals surface area contributed by atoms with Crippen molar-refractivity contribution < 1.29 is 47.6 Å². The van der Waals surface area contributed by atoms with Crippen molar-refractivity contribution >= 4 is 23.9 Å². The molecule has 3 aromatic rings. The Morgan fingerprint density at radius 3 is 1.23 bits per heavy atom. The first-order valence-corrected chi connectivity index (χ1v) is 16.0. The van der Waals surface area contributed by atoms with Gasteiger partial charge in [-0.25, -0.2) is 19.2 Å². The molecule has 0 bridgehead atoms. The monoisotopic (exact) mass is 658 g/mol. The minimum absolute atomic E-state index is 0.228. The van der Waals surface area contributed by atoms with Gasteiger partial charge in [-0.15, -0.1) is 0 Å². The van der Waals surface area contributed by atoms with Crippen LogP contribution in [-0.4, -0.2) is 50.3 Å². The van der Waals surface area contributed by atoms with Crippen LogP contribution in [0.4, 0.5) is 0 Å². The number of hydrogen-bond donors (Lipinski definition) is 0. The predicted octanol–water partition coefficient (Wildman–Crippen LogP) is 7.46. The normalized spacial score (nSPS) is 10.3. The van der Waals surface area contributed by atoms with Gasteiger partial charge in [0.25, 0.3) is 0 Å². The van der Waals surface area contributed by atoms with Gasteiger partial charge in [0.2, 0.25) is 0 Å². The van der Waals surface area contributed by atoms with Crippen LogP contribution in [-0.2, 0) is 19.1 Å². The smallest absolute Gasteiger partial charge is 0.343 e. The molecule has 0 spiro atoms. The van der Waals surface area contributed by atoms with E-state index in [-0.39, 0.29) is 11.5 Å². The van der Waals surface area contributed by atoms with Gasteiger partial charge in [-0.2, -0.15) is 0 Å². The van der Waals surface area contributed by atoms with E-state index in [4.69, 9.17) is 28.4 Å². The summed E-state index contributed by atoms with van der Waals surface area (Å²) in [5, 5.41) is 0. The first-order valence-electron chi connectivity index (χ1n) is 16.0. The van der Waals surface area contributed by atoms with Gasteiger partial charge < -0.3 is 28.4 Å². The van der Waals surface area contributed by atoms with Crippen LogP contribution in [0.2, 0.25) is 0 Å². The third-order valence-corrected chi connectivity index (χ3v) is 6.84. The van der Waals surface area contributed by atoms with Crippen LogP contribution in [0.1, 0.15) is 72.1 Å². The number of unbranched alkanes of at least 4 members (excludes halogenated alkanes) is 6. The summed E-state index contributed by atoms with van der Waals surface area (Å²) in [6, 6.07) is 19.6. The highest BCUT2D eigenvalue weighted by Crippen LogP contribution is 2.23. The molecule has 0 saturated carbocycles. The molecule has 0 aliphatic heterocycles. The van der Waals surface area contributed by atoms with Gasteiger partial charge in [0, 0.05) is 18.2 Å². The maximum absolute atomic E-state index is 12.7. The van der Waals surface area contributed by atoms with Crippen molar-refractivity contribution in [3.05, 3.63) is 109 Å². The van der Waals surface area contributed by atoms with Crippen molar-refractivity contribution in [1.82, 2.24) is 0 Å². The van der Waals surface area contributed by atoms with E-state index in [1.165, 1.54) is 6.07 Å². The Bertz CT molecular complexity index is 1370. The highest BCUT2D eigenvalue weighted by atomic mass is 16.6. The first kappa shape index (κ1) is 37.1. The highest BCUT2D eigenvalue weighted by molar-refractivity contribution is 5.92. The fourth-order valence-corrected chi connectivity index (χ4v) is 4.27. The molecule has 0 unspecified atom stereocenters. The highest BCUT2D eigenvalue weighted by Gasteiger charge is 2.13. The van der Waals surface area contributed by atoms with Crippen LogP contribution in [0.3, 0.4) is 0 Å². The third kappa shape index (κ3) is 14.4. The molecular weight excluding hydrogens is 616 g/mol.